The van der Waals surface area contributed by atoms with Crippen molar-refractivity contribution in [3.8, 4) is 33.9 Å². The summed E-state index contributed by atoms with van der Waals surface area (Å²) >= 11 is 0. The number of rotatable bonds is 32. The van der Waals surface area contributed by atoms with Gasteiger partial charge in [-0.15, -0.1) is 0 Å². The Kier molecular flexibility index (Phi) is 23.0. The number of hydrogen-bond donors (Lipinski definition) is 2. The predicted molar refractivity (Wildman–Crippen MR) is 310 cm³/mol. The molecule has 22 nitrogen and oxygen atoms in total. The van der Waals surface area contributed by atoms with E-state index < -0.39 is 39.3 Å². The lowest BCUT2D eigenvalue weighted by Gasteiger charge is -2.34. The third-order valence-electron chi connectivity index (χ3n) is 15.1. The number of amides is 4. The number of para-hydroxylation sites is 1. The Morgan fingerprint density at radius 1 is 0.694 bits per heavy atom. The molecular formula is C60H74F2N8O14S. The molecule has 4 aliphatic rings. The first-order chi connectivity index (χ1) is 41.3. The highest BCUT2D eigenvalue weighted by molar-refractivity contribution is 7.91. The minimum Gasteiger partial charge on any atom is -0.493 e. The summed E-state index contributed by atoms with van der Waals surface area (Å²) in [7, 11) is -1.54. The molecule has 0 spiro atoms. The van der Waals surface area contributed by atoms with E-state index in [0.29, 0.717) is 122 Å². The molecule has 3 saturated heterocycles. The molecule has 5 heterocycles. The van der Waals surface area contributed by atoms with Crippen LogP contribution in [-0.2, 0) is 65.7 Å². The summed E-state index contributed by atoms with van der Waals surface area (Å²) in [6.07, 6.45) is 2.90. The number of benzene rings is 4. The van der Waals surface area contributed by atoms with Crippen LogP contribution in [0.1, 0.15) is 40.7 Å². The molecule has 0 aliphatic carbocycles. The number of ether oxygens (including phenoxy) is 8. The largest absolute Gasteiger partial charge is 0.493 e. The molecule has 9 rings (SSSR count). The lowest BCUT2D eigenvalue weighted by molar-refractivity contribution is -0.137. The van der Waals surface area contributed by atoms with Crippen molar-refractivity contribution in [1.82, 2.24) is 34.9 Å². The quantitative estimate of drug-likeness (QED) is 0.0449. The highest BCUT2D eigenvalue weighted by Crippen LogP contribution is 2.36. The van der Waals surface area contributed by atoms with Gasteiger partial charge in [-0.2, -0.15) is 0 Å². The summed E-state index contributed by atoms with van der Waals surface area (Å²) in [4.78, 5) is 67.2. The Morgan fingerprint density at radius 2 is 1.32 bits per heavy atom. The maximum Gasteiger partial charge on any atom is 0.255 e. The second-order valence-electron chi connectivity index (χ2n) is 20.9. The van der Waals surface area contributed by atoms with Crippen LogP contribution in [0.3, 0.4) is 0 Å². The fourth-order valence-electron chi connectivity index (χ4n) is 10.4. The van der Waals surface area contributed by atoms with E-state index in [-0.39, 0.29) is 87.7 Å². The molecule has 25 heteroatoms. The van der Waals surface area contributed by atoms with E-state index in [1.54, 1.807) is 54.6 Å². The molecule has 1 unspecified atom stereocenters. The van der Waals surface area contributed by atoms with E-state index in [9.17, 15) is 27.6 Å². The van der Waals surface area contributed by atoms with Crippen molar-refractivity contribution < 1.29 is 74.3 Å². The summed E-state index contributed by atoms with van der Waals surface area (Å²) in [6, 6.07) is 17.7. The van der Waals surface area contributed by atoms with Gasteiger partial charge in [-0.1, -0.05) is 18.2 Å². The molecule has 85 heavy (non-hydrogen) atoms. The lowest BCUT2D eigenvalue weighted by atomic mass is 10.0. The third kappa shape index (κ3) is 17.7. The van der Waals surface area contributed by atoms with Gasteiger partial charge < -0.3 is 53.0 Å². The van der Waals surface area contributed by atoms with Gasteiger partial charge in [0.15, 0.2) is 21.3 Å². The molecule has 0 saturated carbocycles. The number of methoxy groups -OCH3 is 1. The van der Waals surface area contributed by atoms with Crippen LogP contribution in [0.5, 0.6) is 11.5 Å². The van der Waals surface area contributed by atoms with Gasteiger partial charge in [0.25, 0.3) is 5.91 Å². The Balaban J connectivity index is 0.560. The van der Waals surface area contributed by atoms with Gasteiger partial charge in [0.2, 0.25) is 17.7 Å². The molecule has 5 aromatic rings. The van der Waals surface area contributed by atoms with Crippen LogP contribution in [0.4, 0.5) is 14.5 Å². The number of carbonyl (C=O) groups is 4. The van der Waals surface area contributed by atoms with Gasteiger partial charge in [0.05, 0.1) is 121 Å². The van der Waals surface area contributed by atoms with Crippen LogP contribution in [0.15, 0.2) is 72.9 Å². The maximum absolute atomic E-state index is 15.5. The molecule has 1 aromatic heterocycles. The zero-order valence-electron chi connectivity index (χ0n) is 47.9. The topological polar surface area (TPSA) is 239 Å². The van der Waals surface area contributed by atoms with Crippen molar-refractivity contribution in [3.05, 3.63) is 101 Å². The van der Waals surface area contributed by atoms with E-state index in [0.717, 1.165) is 51.3 Å². The van der Waals surface area contributed by atoms with Gasteiger partial charge in [-0.25, -0.2) is 22.2 Å². The van der Waals surface area contributed by atoms with E-state index in [4.69, 9.17) is 42.9 Å². The number of carbonyl (C=O) groups excluding carboxylic acids is 4. The Hall–Kier alpha value is -6.65. The van der Waals surface area contributed by atoms with Crippen molar-refractivity contribution >= 4 is 50.2 Å². The Labute approximate surface area is 493 Å². The van der Waals surface area contributed by atoms with Gasteiger partial charge in [-0.05, 0) is 66.9 Å². The van der Waals surface area contributed by atoms with Crippen LogP contribution in [0.25, 0.3) is 33.4 Å². The molecule has 4 aromatic carbocycles. The molecule has 4 amide bonds. The number of fused-ring (bicyclic) bond motifs is 2. The van der Waals surface area contributed by atoms with Gasteiger partial charge in [-0.3, -0.25) is 39.3 Å². The first-order valence-electron chi connectivity index (χ1n) is 28.8. The monoisotopic (exact) mass is 1200 g/mol. The highest BCUT2D eigenvalue weighted by Gasteiger charge is 2.40. The number of imide groups is 1. The summed E-state index contributed by atoms with van der Waals surface area (Å²) < 4.78 is 100. The first kappa shape index (κ1) is 62.9. The number of piperazine rings is 1. The Bertz CT molecular complexity index is 3190. The SMILES string of the molecule is COc1cc(-c2cnc3cccc(-c4cc(F)c(CN5CCS(=O)(=O)CC5)c(F)c4)c3n2)ccc1OCCCN1CCN(CCOCCOCCOCCOCCOCCOCC(=O)Nc2cccc3c2CN(C2CCC(=O)NC2=O)C3=O)CC1. The smallest absolute Gasteiger partial charge is 0.255 e. The third-order valence-corrected chi connectivity index (χ3v) is 16.8. The molecule has 458 valence electrons. The number of piperidine rings is 1. The van der Waals surface area contributed by atoms with E-state index in [2.05, 4.69) is 25.4 Å². The zero-order chi connectivity index (χ0) is 59.5. The highest BCUT2D eigenvalue weighted by atomic mass is 32.2. The second-order valence-corrected chi connectivity index (χ2v) is 23.2. The molecule has 0 bridgehead atoms. The van der Waals surface area contributed by atoms with Crippen molar-refractivity contribution in [2.75, 3.05) is 162 Å². The fraction of sp³-hybridized carbons (Fsp3) is 0.500. The number of hydrogen-bond acceptors (Lipinski definition) is 19. The van der Waals surface area contributed by atoms with Crippen LogP contribution in [0, 0.1) is 11.6 Å². The van der Waals surface area contributed by atoms with E-state index in [1.807, 2.05) is 18.2 Å². The number of aromatic nitrogens is 2. The van der Waals surface area contributed by atoms with Crippen LogP contribution < -0.4 is 20.1 Å². The lowest BCUT2D eigenvalue weighted by Crippen LogP contribution is -2.52. The zero-order valence-corrected chi connectivity index (χ0v) is 48.7. The molecule has 2 N–H and O–H groups in total. The van der Waals surface area contributed by atoms with E-state index >= 15 is 8.78 Å². The standard InChI is InChI=1S/C60H74F2N8O14S/c1-77-55-37-42(52-38-63-51-8-2-5-44(58(51)65-52)43-35-48(61)47(49(62)36-43)39-69-19-33-85(75,76)34-20-69)9-11-54(55)84-21-4-13-67-14-16-68(17-15-67)18-22-78-23-24-79-25-26-80-27-28-81-29-30-82-31-32-83-41-57(72)64-50-7-3-6-45-46(50)40-70(60(45)74)53-10-12-56(71)66-59(53)73/h2-3,5-9,11,35-38,53H,4,10,12-34,39-41H2,1H3,(H,64,72)(H,66,71,73). The van der Waals surface area contributed by atoms with Crippen LogP contribution >= 0.6 is 0 Å². The molecular weight excluding hydrogens is 1130 g/mol. The fourth-order valence-corrected chi connectivity index (χ4v) is 11.7. The number of anilines is 1. The number of nitrogens with one attached hydrogen (secondary N) is 2. The summed E-state index contributed by atoms with van der Waals surface area (Å²) in [6.45, 7) is 11.0. The average molecular weight is 1200 g/mol. The minimum atomic E-state index is -3.12. The maximum atomic E-state index is 15.5. The van der Waals surface area contributed by atoms with Crippen molar-refractivity contribution in [1.29, 1.82) is 0 Å². The second kappa shape index (κ2) is 31.1. The van der Waals surface area contributed by atoms with Gasteiger partial charge in [0.1, 0.15) is 24.3 Å². The number of halogens is 2. The number of nitrogens with zero attached hydrogens (tertiary/aromatic N) is 6. The van der Waals surface area contributed by atoms with Gasteiger partial charge in [0, 0.05) is 105 Å². The summed E-state index contributed by atoms with van der Waals surface area (Å²) in [5.74, 6) is -1.89. The summed E-state index contributed by atoms with van der Waals surface area (Å²) in [5, 5.41) is 5.08. The van der Waals surface area contributed by atoms with E-state index in [1.165, 1.54) is 17.0 Å². The van der Waals surface area contributed by atoms with Crippen LogP contribution in [0.2, 0.25) is 0 Å². The van der Waals surface area contributed by atoms with Crippen molar-refractivity contribution in [2.24, 2.45) is 0 Å². The molecule has 1 atom stereocenters. The predicted octanol–water partition coefficient (Wildman–Crippen LogP) is 4.37. The summed E-state index contributed by atoms with van der Waals surface area (Å²) in [5.41, 5.74) is 4.56. The van der Waals surface area contributed by atoms with Crippen molar-refractivity contribution in [2.45, 2.75) is 38.4 Å². The normalized spacial score (nSPS) is 17.6. The van der Waals surface area contributed by atoms with Crippen LogP contribution in [-0.4, -0.2) is 225 Å². The molecule has 0 radical (unpaired) electrons. The molecule has 3 fully saturated rings. The first-order valence-corrected chi connectivity index (χ1v) is 30.6. The minimum absolute atomic E-state index is 0.0199. The Morgan fingerprint density at radius 3 is 1.98 bits per heavy atom. The van der Waals surface area contributed by atoms with Gasteiger partial charge >= 0.3 is 0 Å². The average Bonchev–Trinajstić information content (AvgIpc) is 4.08. The van der Waals surface area contributed by atoms with Crippen molar-refractivity contribution in [3.63, 3.8) is 0 Å². The number of sulfone groups is 1. The molecule has 4 aliphatic heterocycles.